The number of rotatable bonds is 27. The van der Waals surface area contributed by atoms with E-state index < -0.39 is 18.0 Å². The fourth-order valence-electron chi connectivity index (χ4n) is 4.15. The van der Waals surface area contributed by atoms with E-state index in [0.29, 0.717) is 32.5 Å². The van der Waals surface area contributed by atoms with Gasteiger partial charge in [0.1, 0.15) is 11.8 Å². The molecule has 0 aromatic carbocycles. The largest absolute Gasteiger partial charge is 0.481 e. The number of ketones is 1. The van der Waals surface area contributed by atoms with Crippen LogP contribution in [0.25, 0.3) is 0 Å². The number of carboxylic acids is 2. The van der Waals surface area contributed by atoms with E-state index in [1.54, 1.807) is 0 Å². The number of carbonyl (C=O) groups excluding carboxylic acids is 2. The molecule has 0 saturated heterocycles. The summed E-state index contributed by atoms with van der Waals surface area (Å²) in [5.74, 6) is -2.05. The molecule has 0 aromatic heterocycles. The summed E-state index contributed by atoms with van der Waals surface area (Å²) < 4.78 is 5.19. The molecule has 1 amide bonds. The van der Waals surface area contributed by atoms with E-state index >= 15 is 0 Å². The lowest BCUT2D eigenvalue weighted by molar-refractivity contribution is -0.142. The molecule has 0 fully saturated rings. The van der Waals surface area contributed by atoms with Crippen LogP contribution in [0.3, 0.4) is 0 Å². The van der Waals surface area contributed by atoms with Crippen LogP contribution in [0.1, 0.15) is 135 Å². The van der Waals surface area contributed by atoms with Gasteiger partial charge in [0.25, 0.3) is 0 Å². The van der Waals surface area contributed by atoms with Crippen molar-refractivity contribution in [3.05, 3.63) is 0 Å². The molecule has 0 aliphatic rings. The molecule has 0 aromatic rings. The SMILES string of the molecule is CCOCCCC(=O)CCC(NC(=O)CCCCCCCCCCCCCCCCC(=O)O)C(=O)O. The van der Waals surface area contributed by atoms with Crippen LogP contribution >= 0.6 is 0 Å². The number of amides is 1. The summed E-state index contributed by atoms with van der Waals surface area (Å²) in [6.07, 6.45) is 17.5. The third kappa shape index (κ3) is 23.8. The number of nitrogens with one attached hydrogen (secondary N) is 1. The van der Waals surface area contributed by atoms with Crippen LogP contribution < -0.4 is 5.32 Å². The quantitative estimate of drug-likeness (QED) is 0.114. The van der Waals surface area contributed by atoms with E-state index in [-0.39, 0.29) is 31.0 Å². The maximum Gasteiger partial charge on any atom is 0.326 e. The smallest absolute Gasteiger partial charge is 0.326 e. The van der Waals surface area contributed by atoms with Gasteiger partial charge in [0.05, 0.1) is 0 Å². The van der Waals surface area contributed by atoms with Gasteiger partial charge in [-0.1, -0.05) is 77.0 Å². The van der Waals surface area contributed by atoms with Gasteiger partial charge in [0.2, 0.25) is 5.91 Å². The zero-order chi connectivity index (χ0) is 26.9. The molecule has 0 heterocycles. The Hall–Kier alpha value is -1.96. The molecule has 8 nitrogen and oxygen atoms in total. The topological polar surface area (TPSA) is 130 Å². The third-order valence-corrected chi connectivity index (χ3v) is 6.34. The molecular weight excluding hydrogens is 462 g/mol. The first-order chi connectivity index (χ1) is 17.4. The first-order valence-corrected chi connectivity index (χ1v) is 14.2. The van der Waals surface area contributed by atoms with Gasteiger partial charge in [-0.15, -0.1) is 0 Å². The number of Topliss-reactive ketones (excluding diaryl/α,β-unsaturated/α-hetero) is 1. The number of ether oxygens (including phenoxy) is 1. The van der Waals surface area contributed by atoms with Crippen LogP contribution in [0, 0.1) is 0 Å². The summed E-state index contributed by atoms with van der Waals surface area (Å²) in [7, 11) is 0. The minimum atomic E-state index is -1.10. The molecule has 1 atom stereocenters. The van der Waals surface area contributed by atoms with E-state index in [4.69, 9.17) is 9.84 Å². The van der Waals surface area contributed by atoms with Gasteiger partial charge in [-0.2, -0.15) is 0 Å². The standard InChI is InChI=1S/C28H51NO7/c1-2-36-23-17-18-24(30)21-22-25(28(34)35)29-26(31)19-15-13-11-9-7-5-3-4-6-8-10-12-14-16-20-27(32)33/h25H,2-23H2,1H3,(H,29,31)(H,32,33)(H,34,35). The maximum atomic E-state index is 12.1. The van der Waals surface area contributed by atoms with Gasteiger partial charge in [-0.25, -0.2) is 4.79 Å². The van der Waals surface area contributed by atoms with Gasteiger partial charge in [-0.3, -0.25) is 14.4 Å². The lowest BCUT2D eigenvalue weighted by Gasteiger charge is -2.14. The minimum absolute atomic E-state index is 0.000154. The molecule has 36 heavy (non-hydrogen) atoms. The Morgan fingerprint density at radius 3 is 1.56 bits per heavy atom. The van der Waals surface area contributed by atoms with Crippen molar-refractivity contribution in [3.8, 4) is 0 Å². The van der Waals surface area contributed by atoms with Crippen molar-refractivity contribution in [3.63, 3.8) is 0 Å². The Labute approximate surface area is 217 Å². The second kappa shape index (κ2) is 24.7. The predicted molar refractivity (Wildman–Crippen MR) is 141 cm³/mol. The van der Waals surface area contributed by atoms with Crippen LogP contribution in [-0.4, -0.2) is 53.1 Å². The van der Waals surface area contributed by atoms with Crippen molar-refractivity contribution < 1.29 is 34.1 Å². The van der Waals surface area contributed by atoms with Crippen LogP contribution in [0.15, 0.2) is 0 Å². The van der Waals surface area contributed by atoms with E-state index in [0.717, 1.165) is 44.9 Å². The van der Waals surface area contributed by atoms with Crippen LogP contribution in [0.2, 0.25) is 0 Å². The highest BCUT2D eigenvalue weighted by Gasteiger charge is 2.20. The third-order valence-electron chi connectivity index (χ3n) is 6.34. The average Bonchev–Trinajstić information content (AvgIpc) is 2.83. The maximum absolute atomic E-state index is 12.1. The fourth-order valence-corrected chi connectivity index (χ4v) is 4.15. The van der Waals surface area contributed by atoms with E-state index in [1.165, 1.54) is 44.9 Å². The zero-order valence-corrected chi connectivity index (χ0v) is 22.6. The highest BCUT2D eigenvalue weighted by Crippen LogP contribution is 2.14. The molecule has 0 rings (SSSR count). The van der Waals surface area contributed by atoms with E-state index in [2.05, 4.69) is 5.32 Å². The molecule has 0 bridgehead atoms. The van der Waals surface area contributed by atoms with Gasteiger partial charge < -0.3 is 20.3 Å². The summed E-state index contributed by atoms with van der Waals surface area (Å²) in [5.41, 5.74) is 0. The van der Waals surface area contributed by atoms with Crippen molar-refractivity contribution in [2.75, 3.05) is 13.2 Å². The summed E-state index contributed by atoms with van der Waals surface area (Å²) in [6.45, 7) is 3.04. The van der Waals surface area contributed by atoms with Crippen LogP contribution in [-0.2, 0) is 23.9 Å². The first-order valence-electron chi connectivity index (χ1n) is 14.2. The van der Waals surface area contributed by atoms with Crippen molar-refractivity contribution in [1.29, 1.82) is 0 Å². The summed E-state index contributed by atoms with van der Waals surface area (Å²) >= 11 is 0. The number of hydrogen-bond acceptors (Lipinski definition) is 5. The zero-order valence-electron chi connectivity index (χ0n) is 22.6. The molecule has 0 radical (unpaired) electrons. The second-order valence-corrected chi connectivity index (χ2v) is 9.68. The van der Waals surface area contributed by atoms with Crippen molar-refractivity contribution in [2.45, 2.75) is 141 Å². The van der Waals surface area contributed by atoms with E-state index in [9.17, 15) is 24.3 Å². The summed E-state index contributed by atoms with van der Waals surface area (Å²) in [4.78, 5) is 45.9. The van der Waals surface area contributed by atoms with E-state index in [1.807, 2.05) is 6.92 Å². The number of carboxylic acid groups (broad SMARTS) is 2. The van der Waals surface area contributed by atoms with Crippen molar-refractivity contribution in [1.82, 2.24) is 5.32 Å². The van der Waals surface area contributed by atoms with Crippen molar-refractivity contribution >= 4 is 23.6 Å². The molecule has 0 aliphatic carbocycles. The average molecular weight is 514 g/mol. The van der Waals surface area contributed by atoms with Gasteiger partial charge in [0.15, 0.2) is 0 Å². The Morgan fingerprint density at radius 2 is 1.11 bits per heavy atom. The Bertz CT molecular complexity index is 594. The molecule has 1 unspecified atom stereocenters. The highest BCUT2D eigenvalue weighted by molar-refractivity contribution is 5.84. The molecule has 3 N–H and O–H groups in total. The molecule has 0 aliphatic heterocycles. The lowest BCUT2D eigenvalue weighted by atomic mass is 10.0. The molecule has 0 spiro atoms. The number of carbonyl (C=O) groups is 4. The highest BCUT2D eigenvalue weighted by atomic mass is 16.5. The van der Waals surface area contributed by atoms with Gasteiger partial charge in [-0.05, 0) is 32.6 Å². The fraction of sp³-hybridized carbons (Fsp3) is 0.857. The molecule has 0 saturated carbocycles. The number of hydrogen-bond donors (Lipinski definition) is 3. The Morgan fingerprint density at radius 1 is 0.639 bits per heavy atom. The van der Waals surface area contributed by atoms with Crippen LogP contribution in [0.5, 0.6) is 0 Å². The Kier molecular flexibility index (Phi) is 23.4. The predicted octanol–water partition coefficient (Wildman–Crippen LogP) is 6.05. The number of aliphatic carboxylic acids is 2. The molecule has 8 heteroatoms. The van der Waals surface area contributed by atoms with Crippen molar-refractivity contribution in [2.24, 2.45) is 0 Å². The first kappa shape index (κ1) is 34.0. The lowest BCUT2D eigenvalue weighted by Crippen LogP contribution is -2.41. The Balaban J connectivity index is 3.60. The number of unbranched alkanes of at least 4 members (excludes halogenated alkanes) is 13. The normalized spacial score (nSPS) is 11.8. The van der Waals surface area contributed by atoms with Crippen LogP contribution in [0.4, 0.5) is 0 Å². The molecule has 210 valence electrons. The van der Waals surface area contributed by atoms with Gasteiger partial charge in [0, 0.05) is 38.9 Å². The summed E-state index contributed by atoms with van der Waals surface area (Å²) in [6, 6.07) is -1.01. The minimum Gasteiger partial charge on any atom is -0.481 e. The monoisotopic (exact) mass is 513 g/mol. The summed E-state index contributed by atoms with van der Waals surface area (Å²) in [5, 5.41) is 20.5. The van der Waals surface area contributed by atoms with Gasteiger partial charge >= 0.3 is 11.9 Å². The second-order valence-electron chi connectivity index (χ2n) is 9.68. The molecular formula is C28H51NO7.